The van der Waals surface area contributed by atoms with Crippen molar-refractivity contribution in [3.05, 3.63) is 5.82 Å². The molecule has 0 atom stereocenters. The molecular formula is C15H29N5. The Morgan fingerprint density at radius 3 is 1.75 bits per heavy atom. The van der Waals surface area contributed by atoms with Crippen LogP contribution >= 0.6 is 0 Å². The summed E-state index contributed by atoms with van der Waals surface area (Å²) in [6, 6.07) is 0. The van der Waals surface area contributed by atoms with Gasteiger partial charge in [0.05, 0.1) is 0 Å². The molecule has 0 saturated carbocycles. The van der Waals surface area contributed by atoms with Gasteiger partial charge in [-0.05, 0) is 18.8 Å². The first kappa shape index (κ1) is 16.7. The molecule has 1 rings (SSSR count). The molecule has 5 heteroatoms. The molecule has 0 aromatic carbocycles. The summed E-state index contributed by atoms with van der Waals surface area (Å²) < 4.78 is 0. The predicted molar refractivity (Wildman–Crippen MR) is 85.2 cm³/mol. The van der Waals surface area contributed by atoms with Crippen LogP contribution in [0.3, 0.4) is 0 Å². The van der Waals surface area contributed by atoms with E-state index in [-0.39, 0.29) is 0 Å². The molecule has 2 N–H and O–H groups in total. The molecule has 0 aliphatic heterocycles. The molecule has 20 heavy (non-hydrogen) atoms. The zero-order valence-corrected chi connectivity index (χ0v) is 13.4. The summed E-state index contributed by atoms with van der Waals surface area (Å²) in [6.45, 7) is 10.5. The Morgan fingerprint density at radius 2 is 1.35 bits per heavy atom. The largest absolute Gasteiger partial charge is 0.354 e. The molecule has 0 unspecified atom stereocenters. The van der Waals surface area contributed by atoms with E-state index in [9.17, 15) is 0 Å². The van der Waals surface area contributed by atoms with Crippen LogP contribution in [0.1, 0.15) is 59.2 Å². The van der Waals surface area contributed by atoms with Crippen molar-refractivity contribution in [3.8, 4) is 0 Å². The Morgan fingerprint density at radius 1 is 0.850 bits per heavy atom. The first-order valence-electron chi connectivity index (χ1n) is 7.88. The van der Waals surface area contributed by atoms with E-state index >= 15 is 0 Å². The second-order valence-corrected chi connectivity index (χ2v) is 5.56. The smallest absolute Gasteiger partial charge is 0.227 e. The molecule has 0 saturated heterocycles. The Bertz CT molecular complexity index is 350. The fourth-order valence-corrected chi connectivity index (χ4v) is 1.79. The van der Waals surface area contributed by atoms with Crippen LogP contribution < -0.4 is 10.6 Å². The molecular weight excluding hydrogens is 250 g/mol. The summed E-state index contributed by atoms with van der Waals surface area (Å²) >= 11 is 0. The second kappa shape index (κ2) is 9.50. The Balaban J connectivity index is 2.72. The average Bonchev–Trinajstić information content (AvgIpc) is 2.38. The molecule has 0 bridgehead atoms. The van der Waals surface area contributed by atoms with E-state index < -0.39 is 0 Å². The molecule has 0 spiro atoms. The predicted octanol–water partition coefficient (Wildman–Crippen LogP) is 3.49. The van der Waals surface area contributed by atoms with Crippen LogP contribution in [0.2, 0.25) is 0 Å². The minimum absolute atomic E-state index is 0.546. The highest BCUT2D eigenvalue weighted by molar-refractivity contribution is 5.34. The van der Waals surface area contributed by atoms with Gasteiger partial charge in [-0.3, -0.25) is 0 Å². The van der Waals surface area contributed by atoms with Gasteiger partial charge in [-0.15, -0.1) is 0 Å². The van der Waals surface area contributed by atoms with Crippen LogP contribution in [-0.2, 0) is 6.42 Å². The molecule has 114 valence electrons. The van der Waals surface area contributed by atoms with Gasteiger partial charge in [0.2, 0.25) is 11.9 Å². The number of aromatic nitrogens is 3. The minimum Gasteiger partial charge on any atom is -0.354 e. The standard InChI is InChI=1S/C15H29N5/c1-5-7-9-16-14-18-13(11-12(3)4)19-15(20-14)17-10-8-6-2/h12H,5-11H2,1-4H3,(H2,16,17,18,19,20). The molecule has 1 aromatic rings. The lowest BCUT2D eigenvalue weighted by Gasteiger charge is -2.11. The number of nitrogens with one attached hydrogen (secondary N) is 2. The quantitative estimate of drug-likeness (QED) is 0.642. The zero-order chi connectivity index (χ0) is 14.8. The van der Waals surface area contributed by atoms with Gasteiger partial charge in [0.1, 0.15) is 5.82 Å². The van der Waals surface area contributed by atoms with E-state index in [4.69, 9.17) is 0 Å². The van der Waals surface area contributed by atoms with Gasteiger partial charge in [-0.2, -0.15) is 15.0 Å². The van der Waals surface area contributed by atoms with Crippen molar-refractivity contribution >= 4 is 11.9 Å². The summed E-state index contributed by atoms with van der Waals surface area (Å²) in [5.41, 5.74) is 0. The highest BCUT2D eigenvalue weighted by atomic mass is 15.2. The van der Waals surface area contributed by atoms with E-state index in [1.807, 2.05) is 0 Å². The van der Waals surface area contributed by atoms with Gasteiger partial charge in [-0.1, -0.05) is 40.5 Å². The van der Waals surface area contributed by atoms with E-state index in [1.165, 1.54) is 12.8 Å². The monoisotopic (exact) mass is 279 g/mol. The average molecular weight is 279 g/mol. The molecule has 1 heterocycles. The lowest BCUT2D eigenvalue weighted by molar-refractivity contribution is 0.618. The number of hydrogen-bond acceptors (Lipinski definition) is 5. The Hall–Kier alpha value is -1.39. The van der Waals surface area contributed by atoms with Crippen molar-refractivity contribution in [1.82, 2.24) is 15.0 Å². The maximum Gasteiger partial charge on any atom is 0.227 e. The van der Waals surface area contributed by atoms with Crippen LogP contribution in [0.5, 0.6) is 0 Å². The van der Waals surface area contributed by atoms with Gasteiger partial charge in [0.15, 0.2) is 0 Å². The van der Waals surface area contributed by atoms with Crippen molar-refractivity contribution < 1.29 is 0 Å². The fourth-order valence-electron chi connectivity index (χ4n) is 1.79. The SMILES string of the molecule is CCCCNc1nc(CC(C)C)nc(NCCCC)n1. The Labute approximate surface area is 123 Å². The number of hydrogen-bond donors (Lipinski definition) is 2. The molecule has 0 amide bonds. The van der Waals surface area contributed by atoms with Crippen molar-refractivity contribution in [2.75, 3.05) is 23.7 Å². The van der Waals surface area contributed by atoms with Gasteiger partial charge >= 0.3 is 0 Å². The number of unbranched alkanes of at least 4 members (excludes halogenated alkanes) is 2. The molecule has 0 aliphatic carbocycles. The first-order chi connectivity index (χ1) is 9.65. The first-order valence-corrected chi connectivity index (χ1v) is 7.88. The van der Waals surface area contributed by atoms with Crippen molar-refractivity contribution in [1.29, 1.82) is 0 Å². The third kappa shape index (κ3) is 6.68. The topological polar surface area (TPSA) is 62.7 Å². The number of rotatable bonds is 10. The molecule has 1 aromatic heterocycles. The molecule has 0 aliphatic rings. The lowest BCUT2D eigenvalue weighted by atomic mass is 10.1. The van der Waals surface area contributed by atoms with E-state index in [2.05, 4.69) is 53.3 Å². The summed E-state index contributed by atoms with van der Waals surface area (Å²) in [5.74, 6) is 2.81. The number of anilines is 2. The van der Waals surface area contributed by atoms with Crippen LogP contribution in [0.15, 0.2) is 0 Å². The van der Waals surface area contributed by atoms with E-state index in [1.54, 1.807) is 0 Å². The van der Waals surface area contributed by atoms with Gasteiger partial charge in [-0.25, -0.2) is 0 Å². The van der Waals surface area contributed by atoms with Crippen LogP contribution in [-0.4, -0.2) is 28.0 Å². The molecule has 5 nitrogen and oxygen atoms in total. The minimum atomic E-state index is 0.546. The number of nitrogens with zero attached hydrogens (tertiary/aromatic N) is 3. The van der Waals surface area contributed by atoms with Gasteiger partial charge < -0.3 is 10.6 Å². The van der Waals surface area contributed by atoms with Crippen molar-refractivity contribution in [2.24, 2.45) is 5.92 Å². The fraction of sp³-hybridized carbons (Fsp3) is 0.800. The summed E-state index contributed by atoms with van der Waals surface area (Å²) in [4.78, 5) is 13.4. The van der Waals surface area contributed by atoms with Crippen LogP contribution in [0.25, 0.3) is 0 Å². The highest BCUT2D eigenvalue weighted by Gasteiger charge is 2.07. The molecule has 0 fully saturated rings. The van der Waals surface area contributed by atoms with Crippen LogP contribution in [0.4, 0.5) is 11.9 Å². The van der Waals surface area contributed by atoms with E-state index in [0.29, 0.717) is 17.8 Å². The third-order valence-electron chi connectivity index (χ3n) is 2.90. The summed E-state index contributed by atoms with van der Waals surface area (Å²) in [5, 5.41) is 6.58. The Kier molecular flexibility index (Phi) is 7.92. The van der Waals surface area contributed by atoms with Crippen LogP contribution in [0, 0.1) is 5.92 Å². The normalized spacial score (nSPS) is 10.8. The van der Waals surface area contributed by atoms with Crippen molar-refractivity contribution in [3.63, 3.8) is 0 Å². The van der Waals surface area contributed by atoms with Gasteiger partial charge in [0, 0.05) is 19.5 Å². The highest BCUT2D eigenvalue weighted by Crippen LogP contribution is 2.10. The summed E-state index contributed by atoms with van der Waals surface area (Å²) in [7, 11) is 0. The maximum absolute atomic E-state index is 4.50. The summed E-state index contributed by atoms with van der Waals surface area (Å²) in [6.07, 6.45) is 5.47. The lowest BCUT2D eigenvalue weighted by Crippen LogP contribution is -2.13. The zero-order valence-electron chi connectivity index (χ0n) is 13.4. The van der Waals surface area contributed by atoms with Crippen molar-refractivity contribution in [2.45, 2.75) is 59.8 Å². The van der Waals surface area contributed by atoms with Gasteiger partial charge in [0.25, 0.3) is 0 Å². The third-order valence-corrected chi connectivity index (χ3v) is 2.90. The maximum atomic E-state index is 4.50. The second-order valence-electron chi connectivity index (χ2n) is 5.56. The molecule has 0 radical (unpaired) electrons. The van der Waals surface area contributed by atoms with E-state index in [0.717, 1.165) is 38.2 Å².